The summed E-state index contributed by atoms with van der Waals surface area (Å²) < 4.78 is 22.7. The highest BCUT2D eigenvalue weighted by Crippen LogP contribution is 2.57. The number of rotatable bonds is 1. The van der Waals surface area contributed by atoms with E-state index in [1.807, 2.05) is 13.0 Å². The van der Waals surface area contributed by atoms with Gasteiger partial charge in [-0.1, -0.05) is 12.2 Å². The summed E-state index contributed by atoms with van der Waals surface area (Å²) >= 11 is 0. The van der Waals surface area contributed by atoms with E-state index in [1.54, 1.807) is 13.2 Å². The maximum absolute atomic E-state index is 11.9. The van der Waals surface area contributed by atoms with Crippen molar-refractivity contribution in [2.45, 2.75) is 37.6 Å². The monoisotopic (exact) mass is 264 g/mol. The Kier molecular flexibility index (Phi) is 2.26. The van der Waals surface area contributed by atoms with Gasteiger partial charge in [0, 0.05) is 13.5 Å². The smallest absolute Gasteiger partial charge is 0.337 e. The van der Waals surface area contributed by atoms with Crippen LogP contribution in [0.5, 0.6) is 0 Å². The van der Waals surface area contributed by atoms with Gasteiger partial charge in [-0.15, -0.1) is 0 Å². The molecule has 0 aromatic rings. The third-order valence-electron chi connectivity index (χ3n) is 4.67. The van der Waals surface area contributed by atoms with Crippen molar-refractivity contribution in [1.29, 1.82) is 0 Å². The van der Waals surface area contributed by atoms with Crippen LogP contribution in [-0.2, 0) is 23.7 Å². The molecule has 3 saturated heterocycles. The highest BCUT2D eigenvalue weighted by atomic mass is 16.8. The molecule has 0 aromatic heterocycles. The topological polar surface area (TPSA) is 54.0 Å². The van der Waals surface area contributed by atoms with Crippen molar-refractivity contribution >= 4 is 5.97 Å². The normalized spacial score (nSPS) is 52.4. The highest BCUT2D eigenvalue weighted by molar-refractivity contribution is 5.93. The molecule has 0 amide bonds. The lowest BCUT2D eigenvalue weighted by atomic mass is 9.80. The van der Waals surface area contributed by atoms with Crippen molar-refractivity contribution in [3.8, 4) is 0 Å². The van der Waals surface area contributed by atoms with Crippen molar-refractivity contribution < 1.29 is 23.7 Å². The fraction of sp³-hybridized carbons (Fsp3) is 0.643. The van der Waals surface area contributed by atoms with Gasteiger partial charge in [0.1, 0.15) is 6.10 Å². The first-order valence-electron chi connectivity index (χ1n) is 6.62. The predicted molar refractivity (Wildman–Crippen MR) is 63.9 cm³/mol. The van der Waals surface area contributed by atoms with Crippen LogP contribution in [0.4, 0.5) is 0 Å². The number of esters is 1. The number of hydrogen-bond donors (Lipinski definition) is 0. The second-order valence-electron chi connectivity index (χ2n) is 5.46. The molecular weight excluding hydrogens is 248 g/mol. The maximum atomic E-state index is 11.9. The molecule has 3 fully saturated rings. The highest BCUT2D eigenvalue weighted by Gasteiger charge is 2.69. The first-order valence-corrected chi connectivity index (χ1v) is 6.62. The molecule has 0 saturated carbocycles. The second kappa shape index (κ2) is 3.69. The van der Waals surface area contributed by atoms with E-state index in [9.17, 15) is 4.79 Å². The lowest BCUT2D eigenvalue weighted by molar-refractivity contribution is -0.271. The van der Waals surface area contributed by atoms with E-state index in [4.69, 9.17) is 18.9 Å². The fourth-order valence-corrected chi connectivity index (χ4v) is 3.83. The van der Waals surface area contributed by atoms with Crippen molar-refractivity contribution in [2.75, 3.05) is 7.11 Å². The zero-order valence-electron chi connectivity index (χ0n) is 10.9. The predicted octanol–water partition coefficient (Wildman–Crippen LogP) is 1.15. The Morgan fingerprint density at radius 3 is 3.05 bits per heavy atom. The summed E-state index contributed by atoms with van der Waals surface area (Å²) in [4.78, 5) is 11.9. The van der Waals surface area contributed by atoms with Gasteiger partial charge in [-0.3, -0.25) is 0 Å². The van der Waals surface area contributed by atoms with Gasteiger partial charge in [0.2, 0.25) is 0 Å². The van der Waals surface area contributed by atoms with Gasteiger partial charge in [0.15, 0.2) is 18.2 Å². The molecule has 0 aromatic carbocycles. The SMILES string of the molecule is C/C=C1/C(=O)OC23C=CC4CC(OC)OC(OC12)C43. The Labute approximate surface area is 111 Å². The zero-order valence-corrected chi connectivity index (χ0v) is 10.9. The molecule has 4 aliphatic rings. The molecule has 5 heteroatoms. The number of hydrogen-bond acceptors (Lipinski definition) is 5. The van der Waals surface area contributed by atoms with Gasteiger partial charge < -0.3 is 18.9 Å². The average Bonchev–Trinajstić information content (AvgIpc) is 2.99. The van der Waals surface area contributed by atoms with Gasteiger partial charge in [-0.05, 0) is 18.9 Å². The first-order chi connectivity index (χ1) is 9.19. The van der Waals surface area contributed by atoms with Crippen molar-refractivity contribution in [3.05, 3.63) is 23.8 Å². The number of methoxy groups -OCH3 is 1. The van der Waals surface area contributed by atoms with Gasteiger partial charge >= 0.3 is 5.97 Å². The van der Waals surface area contributed by atoms with Crippen LogP contribution < -0.4 is 0 Å². The molecule has 0 N–H and O–H groups in total. The third-order valence-corrected chi connectivity index (χ3v) is 4.67. The van der Waals surface area contributed by atoms with Crippen molar-refractivity contribution in [3.63, 3.8) is 0 Å². The van der Waals surface area contributed by atoms with Crippen LogP contribution in [0.1, 0.15) is 13.3 Å². The maximum Gasteiger partial charge on any atom is 0.337 e. The molecule has 4 rings (SSSR count). The lowest BCUT2D eigenvalue weighted by Crippen LogP contribution is -2.46. The Hall–Kier alpha value is -1.17. The van der Waals surface area contributed by atoms with E-state index in [0.29, 0.717) is 5.57 Å². The lowest BCUT2D eigenvalue weighted by Gasteiger charge is -2.36. The van der Waals surface area contributed by atoms with Crippen LogP contribution >= 0.6 is 0 Å². The molecule has 19 heavy (non-hydrogen) atoms. The fourth-order valence-electron chi connectivity index (χ4n) is 3.83. The van der Waals surface area contributed by atoms with Crippen LogP contribution in [0, 0.1) is 11.8 Å². The average molecular weight is 264 g/mol. The first kappa shape index (κ1) is 11.6. The van der Waals surface area contributed by atoms with Crippen LogP contribution in [-0.4, -0.2) is 37.4 Å². The minimum Gasteiger partial charge on any atom is -0.448 e. The number of allylic oxidation sites excluding steroid dienone is 2. The van der Waals surface area contributed by atoms with E-state index >= 15 is 0 Å². The van der Waals surface area contributed by atoms with E-state index in [0.717, 1.165) is 6.42 Å². The van der Waals surface area contributed by atoms with Gasteiger partial charge in [-0.2, -0.15) is 0 Å². The van der Waals surface area contributed by atoms with Crippen molar-refractivity contribution in [1.82, 2.24) is 0 Å². The molecule has 5 nitrogen and oxygen atoms in total. The summed E-state index contributed by atoms with van der Waals surface area (Å²) in [6, 6.07) is 0. The molecule has 0 radical (unpaired) electrons. The van der Waals surface area contributed by atoms with Crippen LogP contribution in [0.25, 0.3) is 0 Å². The zero-order chi connectivity index (χ0) is 13.2. The Morgan fingerprint density at radius 2 is 2.32 bits per heavy atom. The van der Waals surface area contributed by atoms with Gasteiger partial charge in [0.05, 0.1) is 11.5 Å². The quantitative estimate of drug-likeness (QED) is 0.404. The standard InChI is InChI=1S/C14H16O5/c1-3-8-11-14(19-12(8)15)5-4-7-6-9(16-2)17-13(18-11)10(7)14/h3-5,7,9-11,13H,6H2,1-2H3/b8-3+. The summed E-state index contributed by atoms with van der Waals surface area (Å²) in [6.07, 6.45) is 5.68. The summed E-state index contributed by atoms with van der Waals surface area (Å²) in [5, 5.41) is 0. The minimum absolute atomic E-state index is 0.0466. The van der Waals surface area contributed by atoms with E-state index < -0.39 is 5.60 Å². The molecule has 1 spiro atoms. The molecule has 102 valence electrons. The van der Waals surface area contributed by atoms with Gasteiger partial charge in [0.25, 0.3) is 0 Å². The van der Waals surface area contributed by atoms with E-state index in [2.05, 4.69) is 6.08 Å². The Bertz CT molecular complexity index is 496. The number of ether oxygens (including phenoxy) is 4. The van der Waals surface area contributed by atoms with Crippen LogP contribution in [0.2, 0.25) is 0 Å². The van der Waals surface area contributed by atoms with E-state index in [-0.39, 0.29) is 36.5 Å². The van der Waals surface area contributed by atoms with Crippen LogP contribution in [0.15, 0.2) is 23.8 Å². The summed E-state index contributed by atoms with van der Waals surface area (Å²) in [5.41, 5.74) is -0.0651. The van der Waals surface area contributed by atoms with Gasteiger partial charge in [-0.25, -0.2) is 4.79 Å². The molecule has 0 bridgehead atoms. The molecule has 1 aliphatic carbocycles. The van der Waals surface area contributed by atoms with Crippen molar-refractivity contribution in [2.24, 2.45) is 11.8 Å². The largest absolute Gasteiger partial charge is 0.448 e. The molecule has 3 aliphatic heterocycles. The number of carbonyl (C=O) groups is 1. The number of carbonyl (C=O) groups excluding carboxylic acids is 1. The summed E-state index contributed by atoms with van der Waals surface area (Å²) in [6.45, 7) is 1.83. The Morgan fingerprint density at radius 1 is 1.47 bits per heavy atom. The summed E-state index contributed by atoms with van der Waals surface area (Å²) in [5.74, 6) is 0.0492. The molecule has 6 unspecified atom stereocenters. The Balaban J connectivity index is 1.75. The summed E-state index contributed by atoms with van der Waals surface area (Å²) in [7, 11) is 1.63. The molecular formula is C14H16O5. The molecule has 3 heterocycles. The molecule has 6 atom stereocenters. The third kappa shape index (κ3) is 1.28. The van der Waals surface area contributed by atoms with Crippen LogP contribution in [0.3, 0.4) is 0 Å². The van der Waals surface area contributed by atoms with E-state index in [1.165, 1.54) is 0 Å². The second-order valence-corrected chi connectivity index (χ2v) is 5.46. The minimum atomic E-state index is -0.660.